The van der Waals surface area contributed by atoms with Crippen LogP contribution in [0.4, 0.5) is 0 Å². The Bertz CT molecular complexity index is 200. The van der Waals surface area contributed by atoms with Crippen LogP contribution in [0.5, 0.6) is 0 Å². The normalized spacial score (nSPS) is 38.4. The number of aliphatic hydroxyl groups is 1. The predicted molar refractivity (Wildman–Crippen MR) is 56.6 cm³/mol. The molecule has 4 nitrogen and oxygen atoms in total. The molecule has 0 aromatic heterocycles. The number of hydrogen-bond acceptors (Lipinski definition) is 4. The SMILES string of the molecule is CN1CCCCC1CC1OCC(CO)O1. The van der Waals surface area contributed by atoms with Crippen LogP contribution >= 0.6 is 0 Å². The van der Waals surface area contributed by atoms with Crippen LogP contribution in [0.2, 0.25) is 0 Å². The lowest BCUT2D eigenvalue weighted by molar-refractivity contribution is -0.0834. The maximum atomic E-state index is 8.93. The van der Waals surface area contributed by atoms with Gasteiger partial charge in [0.2, 0.25) is 0 Å². The lowest BCUT2D eigenvalue weighted by Gasteiger charge is -2.33. The van der Waals surface area contributed by atoms with Crippen molar-refractivity contribution in [1.82, 2.24) is 4.90 Å². The van der Waals surface area contributed by atoms with Crippen molar-refractivity contribution in [3.63, 3.8) is 0 Å². The first kappa shape index (κ1) is 11.3. The summed E-state index contributed by atoms with van der Waals surface area (Å²) in [6, 6.07) is 0.584. The summed E-state index contributed by atoms with van der Waals surface area (Å²) in [4.78, 5) is 2.39. The topological polar surface area (TPSA) is 41.9 Å². The molecule has 0 aromatic carbocycles. The van der Waals surface area contributed by atoms with Crippen molar-refractivity contribution >= 4 is 0 Å². The summed E-state index contributed by atoms with van der Waals surface area (Å²) in [5.41, 5.74) is 0. The Hall–Kier alpha value is -0.160. The summed E-state index contributed by atoms with van der Waals surface area (Å²) in [5.74, 6) is 0. The van der Waals surface area contributed by atoms with E-state index in [2.05, 4.69) is 11.9 Å². The number of nitrogens with zero attached hydrogens (tertiary/aromatic N) is 1. The van der Waals surface area contributed by atoms with Crippen molar-refractivity contribution in [3.8, 4) is 0 Å². The smallest absolute Gasteiger partial charge is 0.159 e. The molecule has 0 bridgehead atoms. The number of rotatable bonds is 3. The summed E-state index contributed by atoms with van der Waals surface area (Å²) in [5, 5.41) is 8.93. The van der Waals surface area contributed by atoms with Crippen LogP contribution in [-0.2, 0) is 9.47 Å². The van der Waals surface area contributed by atoms with Crippen molar-refractivity contribution in [1.29, 1.82) is 0 Å². The van der Waals surface area contributed by atoms with E-state index in [4.69, 9.17) is 14.6 Å². The first-order valence-corrected chi connectivity index (χ1v) is 5.87. The molecule has 1 N–H and O–H groups in total. The molecule has 0 aromatic rings. The van der Waals surface area contributed by atoms with E-state index in [1.807, 2.05) is 0 Å². The van der Waals surface area contributed by atoms with Gasteiger partial charge in [0.1, 0.15) is 6.10 Å². The van der Waals surface area contributed by atoms with E-state index in [0.29, 0.717) is 12.6 Å². The van der Waals surface area contributed by atoms with Crippen LogP contribution in [0.1, 0.15) is 25.7 Å². The van der Waals surface area contributed by atoms with Gasteiger partial charge >= 0.3 is 0 Å². The highest BCUT2D eigenvalue weighted by Crippen LogP contribution is 2.23. The minimum atomic E-state index is -0.108. The highest BCUT2D eigenvalue weighted by molar-refractivity contribution is 4.77. The van der Waals surface area contributed by atoms with Gasteiger partial charge in [-0.2, -0.15) is 0 Å². The molecule has 2 saturated heterocycles. The van der Waals surface area contributed by atoms with Gasteiger partial charge in [0.25, 0.3) is 0 Å². The van der Waals surface area contributed by atoms with Gasteiger partial charge in [0, 0.05) is 12.5 Å². The molecule has 0 spiro atoms. The van der Waals surface area contributed by atoms with Gasteiger partial charge in [-0.3, -0.25) is 0 Å². The molecule has 0 amide bonds. The summed E-state index contributed by atoms with van der Waals surface area (Å²) in [7, 11) is 2.17. The van der Waals surface area contributed by atoms with Crippen molar-refractivity contribution in [2.75, 3.05) is 26.8 Å². The molecule has 2 aliphatic heterocycles. The maximum Gasteiger partial charge on any atom is 0.159 e. The second kappa shape index (κ2) is 5.25. The van der Waals surface area contributed by atoms with E-state index >= 15 is 0 Å². The van der Waals surface area contributed by atoms with Gasteiger partial charge < -0.3 is 19.5 Å². The lowest BCUT2D eigenvalue weighted by atomic mass is 10.00. The lowest BCUT2D eigenvalue weighted by Crippen LogP contribution is -2.38. The van der Waals surface area contributed by atoms with E-state index in [1.54, 1.807) is 0 Å². The van der Waals surface area contributed by atoms with Gasteiger partial charge in [0.05, 0.1) is 13.2 Å². The monoisotopic (exact) mass is 215 g/mol. The summed E-state index contributed by atoms with van der Waals surface area (Å²) >= 11 is 0. The Labute approximate surface area is 91.2 Å². The third kappa shape index (κ3) is 2.91. The maximum absolute atomic E-state index is 8.93. The molecule has 88 valence electrons. The Balaban J connectivity index is 1.76. The van der Waals surface area contributed by atoms with Gasteiger partial charge in [-0.15, -0.1) is 0 Å². The standard InChI is InChI=1S/C11H21NO3/c1-12-5-3-2-4-9(12)6-11-14-8-10(7-13)15-11/h9-11,13H,2-8H2,1H3. The molecule has 0 radical (unpaired) electrons. The second-order valence-electron chi connectivity index (χ2n) is 4.57. The first-order valence-electron chi connectivity index (χ1n) is 5.87. The number of aliphatic hydroxyl groups excluding tert-OH is 1. The molecular weight excluding hydrogens is 194 g/mol. The van der Waals surface area contributed by atoms with Gasteiger partial charge in [-0.25, -0.2) is 0 Å². The Morgan fingerprint density at radius 3 is 2.93 bits per heavy atom. The molecule has 3 atom stereocenters. The molecule has 0 aliphatic carbocycles. The minimum Gasteiger partial charge on any atom is -0.394 e. The largest absolute Gasteiger partial charge is 0.394 e. The van der Waals surface area contributed by atoms with Gasteiger partial charge in [0.15, 0.2) is 6.29 Å². The predicted octanol–water partition coefficient (Wildman–Crippen LogP) is 0.595. The van der Waals surface area contributed by atoms with E-state index in [-0.39, 0.29) is 19.0 Å². The number of piperidine rings is 1. The molecule has 2 heterocycles. The van der Waals surface area contributed by atoms with Crippen molar-refractivity contribution in [2.24, 2.45) is 0 Å². The van der Waals surface area contributed by atoms with Crippen LogP contribution in [0.3, 0.4) is 0 Å². The zero-order valence-corrected chi connectivity index (χ0v) is 9.39. The van der Waals surface area contributed by atoms with Crippen LogP contribution in [0.15, 0.2) is 0 Å². The zero-order valence-electron chi connectivity index (χ0n) is 9.39. The van der Waals surface area contributed by atoms with E-state index in [0.717, 1.165) is 6.42 Å². The van der Waals surface area contributed by atoms with Crippen LogP contribution in [-0.4, -0.2) is 55.2 Å². The Morgan fingerprint density at radius 2 is 2.27 bits per heavy atom. The fourth-order valence-electron chi connectivity index (χ4n) is 2.39. The van der Waals surface area contributed by atoms with Crippen molar-refractivity contribution in [2.45, 2.75) is 44.1 Å². The first-order chi connectivity index (χ1) is 7.29. The molecule has 3 unspecified atom stereocenters. The molecule has 0 saturated carbocycles. The fraction of sp³-hybridized carbons (Fsp3) is 1.00. The van der Waals surface area contributed by atoms with Crippen LogP contribution in [0, 0.1) is 0 Å². The Morgan fingerprint density at radius 1 is 1.40 bits per heavy atom. The van der Waals surface area contributed by atoms with Crippen LogP contribution in [0.25, 0.3) is 0 Å². The molecule has 2 aliphatic rings. The number of ether oxygens (including phenoxy) is 2. The molecule has 4 heteroatoms. The highest BCUT2D eigenvalue weighted by Gasteiger charge is 2.30. The molecule has 15 heavy (non-hydrogen) atoms. The minimum absolute atomic E-state index is 0.0665. The molecular formula is C11H21NO3. The zero-order chi connectivity index (χ0) is 10.7. The Kier molecular flexibility index (Phi) is 3.97. The second-order valence-corrected chi connectivity index (χ2v) is 4.57. The van der Waals surface area contributed by atoms with Crippen molar-refractivity contribution in [3.05, 3.63) is 0 Å². The fourth-order valence-corrected chi connectivity index (χ4v) is 2.39. The summed E-state index contributed by atoms with van der Waals surface area (Å²) < 4.78 is 11.1. The van der Waals surface area contributed by atoms with E-state index < -0.39 is 0 Å². The molecule has 2 rings (SSSR count). The van der Waals surface area contributed by atoms with Gasteiger partial charge in [-0.05, 0) is 26.4 Å². The highest BCUT2D eigenvalue weighted by atomic mass is 16.7. The number of likely N-dealkylation sites (tertiary alicyclic amines) is 1. The number of hydrogen-bond donors (Lipinski definition) is 1. The molecule has 2 fully saturated rings. The average molecular weight is 215 g/mol. The third-order valence-corrected chi connectivity index (χ3v) is 3.40. The van der Waals surface area contributed by atoms with E-state index in [9.17, 15) is 0 Å². The quantitative estimate of drug-likeness (QED) is 0.748. The van der Waals surface area contributed by atoms with Crippen molar-refractivity contribution < 1.29 is 14.6 Å². The summed E-state index contributed by atoms with van der Waals surface area (Å²) in [6.07, 6.45) is 4.58. The summed E-state index contributed by atoms with van der Waals surface area (Å²) in [6.45, 7) is 1.79. The van der Waals surface area contributed by atoms with E-state index in [1.165, 1.54) is 25.8 Å². The third-order valence-electron chi connectivity index (χ3n) is 3.40. The van der Waals surface area contributed by atoms with Gasteiger partial charge in [-0.1, -0.05) is 6.42 Å². The van der Waals surface area contributed by atoms with Crippen LogP contribution < -0.4 is 0 Å². The average Bonchev–Trinajstić information content (AvgIpc) is 2.69.